The number of hydrogen-bond acceptors (Lipinski definition) is 12. The molecule has 0 aliphatic heterocycles. The van der Waals surface area contributed by atoms with E-state index in [2.05, 4.69) is 13.8 Å². The minimum absolute atomic E-state index is 0.520. The lowest BCUT2D eigenvalue weighted by Crippen LogP contribution is -2.15. The summed E-state index contributed by atoms with van der Waals surface area (Å²) in [6, 6.07) is 0. The first-order chi connectivity index (χ1) is 19.3. The third-order valence-corrected chi connectivity index (χ3v) is 4.82. The minimum atomic E-state index is 0.520. The fourth-order valence-corrected chi connectivity index (χ4v) is 2.70. The van der Waals surface area contributed by atoms with Crippen molar-refractivity contribution >= 4 is 0 Å². The number of ether oxygens (including phenoxy) is 11. The summed E-state index contributed by atoms with van der Waals surface area (Å²) < 4.78 is 59.7. The molecule has 0 bridgehead atoms. The Bertz CT molecular complexity index is 437. The van der Waals surface area contributed by atoms with Crippen molar-refractivity contribution in [1.82, 2.24) is 0 Å². The van der Waals surface area contributed by atoms with Gasteiger partial charge in [0.1, 0.15) is 0 Å². The molecular formula is C27H57NO11. The molecule has 0 fully saturated rings. The summed E-state index contributed by atoms with van der Waals surface area (Å²) >= 11 is 0. The van der Waals surface area contributed by atoms with E-state index in [4.69, 9.17) is 57.8 Å². The molecule has 0 heterocycles. The number of rotatable bonds is 35. The first-order valence-electron chi connectivity index (χ1n) is 14.3. The van der Waals surface area contributed by atoms with Crippen LogP contribution in [0.1, 0.15) is 20.3 Å². The smallest absolute Gasteiger partial charge is 0.0701 e. The second kappa shape index (κ2) is 35.5. The van der Waals surface area contributed by atoms with Gasteiger partial charge in [-0.2, -0.15) is 0 Å². The van der Waals surface area contributed by atoms with Crippen molar-refractivity contribution in [1.29, 1.82) is 0 Å². The summed E-state index contributed by atoms with van der Waals surface area (Å²) in [6.07, 6.45) is 1.08. The lowest BCUT2D eigenvalue weighted by Gasteiger charge is -2.09. The normalized spacial score (nSPS) is 11.7. The van der Waals surface area contributed by atoms with Crippen LogP contribution in [0.5, 0.6) is 0 Å². The van der Waals surface area contributed by atoms with Crippen LogP contribution in [0.2, 0.25) is 0 Å². The third kappa shape index (κ3) is 37.5. The first kappa shape index (κ1) is 38.5. The Morgan fingerprint density at radius 1 is 0.308 bits per heavy atom. The summed E-state index contributed by atoms with van der Waals surface area (Å²) in [5.74, 6) is 0.670. The molecule has 0 radical (unpaired) electrons. The van der Waals surface area contributed by atoms with Crippen molar-refractivity contribution in [2.75, 3.05) is 152 Å². The zero-order valence-electron chi connectivity index (χ0n) is 24.6. The van der Waals surface area contributed by atoms with Gasteiger partial charge in [-0.15, -0.1) is 0 Å². The number of nitrogens with two attached hydrogens (primary N) is 1. The molecule has 0 aromatic carbocycles. The largest absolute Gasteiger partial charge is 0.379 e. The summed E-state index contributed by atoms with van der Waals surface area (Å²) in [4.78, 5) is 0. The monoisotopic (exact) mass is 571 g/mol. The van der Waals surface area contributed by atoms with Crippen LogP contribution in [0.15, 0.2) is 0 Å². The van der Waals surface area contributed by atoms with Gasteiger partial charge in [-0.1, -0.05) is 13.8 Å². The molecule has 12 heteroatoms. The second-order valence-electron chi connectivity index (χ2n) is 8.71. The van der Waals surface area contributed by atoms with E-state index < -0.39 is 0 Å². The van der Waals surface area contributed by atoms with Gasteiger partial charge in [0.05, 0.1) is 139 Å². The second-order valence-corrected chi connectivity index (χ2v) is 8.71. The number of hydrogen-bond donors (Lipinski definition) is 1. The van der Waals surface area contributed by atoms with Crippen molar-refractivity contribution < 1.29 is 52.1 Å². The molecule has 0 aromatic heterocycles. The van der Waals surface area contributed by atoms with Crippen molar-refractivity contribution in [2.24, 2.45) is 11.7 Å². The van der Waals surface area contributed by atoms with Crippen LogP contribution in [0, 0.1) is 5.92 Å². The van der Waals surface area contributed by atoms with Crippen LogP contribution in [-0.2, 0) is 52.1 Å². The summed E-state index contributed by atoms with van der Waals surface area (Å²) in [6.45, 7) is 17.1. The van der Waals surface area contributed by atoms with Crippen molar-refractivity contribution in [3.8, 4) is 0 Å². The quantitative estimate of drug-likeness (QED) is 0.110. The SMILES string of the molecule is CC(C)CCOCCOCCOCCOCCOCCOCCOCCOCCOCCOCCOCCN. The Labute approximate surface area is 236 Å². The lowest BCUT2D eigenvalue weighted by molar-refractivity contribution is -0.0275. The molecule has 0 aliphatic rings. The van der Waals surface area contributed by atoms with E-state index in [1.807, 2.05) is 0 Å². The zero-order valence-corrected chi connectivity index (χ0v) is 24.6. The van der Waals surface area contributed by atoms with Crippen molar-refractivity contribution in [2.45, 2.75) is 20.3 Å². The van der Waals surface area contributed by atoms with Gasteiger partial charge >= 0.3 is 0 Å². The molecule has 0 unspecified atom stereocenters. The first-order valence-corrected chi connectivity index (χ1v) is 14.3. The van der Waals surface area contributed by atoms with Crippen LogP contribution >= 0.6 is 0 Å². The van der Waals surface area contributed by atoms with Gasteiger partial charge in [-0.25, -0.2) is 0 Å². The molecule has 0 rings (SSSR count). The molecule has 39 heavy (non-hydrogen) atoms. The van der Waals surface area contributed by atoms with Gasteiger partial charge in [0, 0.05) is 13.2 Å². The van der Waals surface area contributed by atoms with Gasteiger partial charge in [-0.3, -0.25) is 0 Å². The lowest BCUT2D eigenvalue weighted by atomic mass is 10.1. The average molecular weight is 572 g/mol. The molecule has 0 saturated carbocycles. The predicted molar refractivity (Wildman–Crippen MR) is 148 cm³/mol. The van der Waals surface area contributed by atoms with Gasteiger partial charge in [0.25, 0.3) is 0 Å². The Hall–Kier alpha value is -0.480. The van der Waals surface area contributed by atoms with E-state index >= 15 is 0 Å². The molecule has 0 atom stereocenters. The van der Waals surface area contributed by atoms with Crippen LogP contribution in [0.25, 0.3) is 0 Å². The van der Waals surface area contributed by atoms with Gasteiger partial charge < -0.3 is 57.8 Å². The Morgan fingerprint density at radius 3 is 0.667 bits per heavy atom. The average Bonchev–Trinajstić information content (AvgIpc) is 2.93. The van der Waals surface area contributed by atoms with E-state index in [-0.39, 0.29) is 0 Å². The Balaban J connectivity index is 3.02. The van der Waals surface area contributed by atoms with E-state index in [1.54, 1.807) is 0 Å². The Morgan fingerprint density at radius 2 is 0.487 bits per heavy atom. The molecule has 0 amide bonds. The van der Waals surface area contributed by atoms with Crippen LogP contribution in [-0.4, -0.2) is 152 Å². The fourth-order valence-electron chi connectivity index (χ4n) is 2.70. The fraction of sp³-hybridized carbons (Fsp3) is 1.00. The van der Waals surface area contributed by atoms with E-state index in [1.165, 1.54) is 0 Å². The molecule has 0 aromatic rings. The van der Waals surface area contributed by atoms with Gasteiger partial charge in [-0.05, 0) is 12.3 Å². The van der Waals surface area contributed by atoms with Crippen LogP contribution < -0.4 is 5.73 Å². The predicted octanol–water partition coefficient (Wildman–Crippen LogP) is 1.17. The summed E-state index contributed by atoms with van der Waals surface area (Å²) in [7, 11) is 0. The molecule has 0 spiro atoms. The van der Waals surface area contributed by atoms with E-state index in [0.29, 0.717) is 151 Å². The topological polar surface area (TPSA) is 128 Å². The van der Waals surface area contributed by atoms with Crippen molar-refractivity contribution in [3.05, 3.63) is 0 Å². The van der Waals surface area contributed by atoms with Crippen LogP contribution in [0.4, 0.5) is 0 Å². The van der Waals surface area contributed by atoms with Gasteiger partial charge in [0.2, 0.25) is 0 Å². The molecule has 0 aliphatic carbocycles. The standard InChI is InChI=1S/C27H57NO11/c1-27(2)3-5-29-7-9-31-11-13-33-15-17-35-19-21-37-23-25-39-26-24-38-22-20-36-18-16-34-14-12-32-10-8-30-6-4-28/h27H,3-26,28H2,1-2H3. The van der Waals surface area contributed by atoms with Crippen molar-refractivity contribution in [3.63, 3.8) is 0 Å². The summed E-state index contributed by atoms with van der Waals surface area (Å²) in [5.41, 5.74) is 5.32. The van der Waals surface area contributed by atoms with Gasteiger partial charge in [0.15, 0.2) is 0 Å². The van der Waals surface area contributed by atoms with Crippen LogP contribution in [0.3, 0.4) is 0 Å². The zero-order chi connectivity index (χ0) is 28.3. The minimum Gasteiger partial charge on any atom is -0.379 e. The molecule has 2 N–H and O–H groups in total. The Kier molecular flexibility index (Phi) is 35.1. The summed E-state index contributed by atoms with van der Waals surface area (Å²) in [5, 5.41) is 0. The molecule has 12 nitrogen and oxygen atoms in total. The highest BCUT2D eigenvalue weighted by Gasteiger charge is 1.97. The molecular weight excluding hydrogens is 514 g/mol. The highest BCUT2D eigenvalue weighted by Crippen LogP contribution is 1.98. The maximum Gasteiger partial charge on any atom is 0.0701 e. The van der Waals surface area contributed by atoms with E-state index in [0.717, 1.165) is 13.0 Å². The molecule has 0 saturated heterocycles. The third-order valence-electron chi connectivity index (χ3n) is 4.82. The molecule has 236 valence electrons. The van der Waals surface area contributed by atoms with E-state index in [9.17, 15) is 0 Å². The maximum atomic E-state index is 5.48. The maximum absolute atomic E-state index is 5.48. The highest BCUT2D eigenvalue weighted by molar-refractivity contribution is 4.43. The highest BCUT2D eigenvalue weighted by atomic mass is 16.6.